The lowest BCUT2D eigenvalue weighted by atomic mass is 9.90. The van der Waals surface area contributed by atoms with Crippen molar-refractivity contribution in [2.75, 3.05) is 11.9 Å². The van der Waals surface area contributed by atoms with Crippen LogP contribution in [0.15, 0.2) is 42.5 Å². The Labute approximate surface area is 174 Å². The van der Waals surface area contributed by atoms with Crippen LogP contribution in [0.2, 0.25) is 5.02 Å². The summed E-state index contributed by atoms with van der Waals surface area (Å²) >= 11 is 6.15. The van der Waals surface area contributed by atoms with Gasteiger partial charge in [-0.25, -0.2) is 4.79 Å². The van der Waals surface area contributed by atoms with Gasteiger partial charge in [0.15, 0.2) is 6.61 Å². The minimum Gasteiger partial charge on any atom is -0.452 e. The van der Waals surface area contributed by atoms with Crippen LogP contribution in [0.5, 0.6) is 0 Å². The summed E-state index contributed by atoms with van der Waals surface area (Å²) in [5.41, 5.74) is 4.70. The van der Waals surface area contributed by atoms with Crippen LogP contribution in [0.1, 0.15) is 40.0 Å². The summed E-state index contributed by atoms with van der Waals surface area (Å²) in [4.78, 5) is 29.9. The van der Waals surface area contributed by atoms with Crippen molar-refractivity contribution in [1.29, 1.82) is 0 Å². The van der Waals surface area contributed by atoms with E-state index in [2.05, 4.69) is 5.32 Å². The van der Waals surface area contributed by atoms with E-state index in [1.807, 2.05) is 37.3 Å². The summed E-state index contributed by atoms with van der Waals surface area (Å²) < 4.78 is 5.38. The molecular weight excluding hydrogens is 388 g/mol. The summed E-state index contributed by atoms with van der Waals surface area (Å²) in [6, 6.07) is 12.9. The monoisotopic (exact) mass is 408 g/mol. The maximum atomic E-state index is 12.9. The van der Waals surface area contributed by atoms with Crippen LogP contribution in [-0.4, -0.2) is 23.5 Å². The molecule has 5 nitrogen and oxygen atoms in total. The number of ether oxygens (including phenoxy) is 1. The second-order valence-electron chi connectivity index (χ2n) is 7.24. The predicted molar refractivity (Wildman–Crippen MR) is 113 cm³/mol. The fraction of sp³-hybridized carbons (Fsp3) is 0.261. The molecule has 0 aliphatic heterocycles. The van der Waals surface area contributed by atoms with Gasteiger partial charge in [-0.1, -0.05) is 35.9 Å². The molecule has 6 heteroatoms. The van der Waals surface area contributed by atoms with Crippen LogP contribution in [0.4, 0.5) is 5.69 Å². The topological polar surface area (TPSA) is 68.3 Å². The average Bonchev–Trinajstić information content (AvgIpc) is 2.72. The van der Waals surface area contributed by atoms with Crippen molar-refractivity contribution < 1.29 is 14.3 Å². The Kier molecular flexibility index (Phi) is 5.49. The zero-order chi connectivity index (χ0) is 20.4. The molecule has 1 amide bonds. The number of benzene rings is 2. The normalized spacial score (nSPS) is 13.0. The fourth-order valence-electron chi connectivity index (χ4n) is 3.72. The van der Waals surface area contributed by atoms with Crippen molar-refractivity contribution >= 4 is 40.1 Å². The molecule has 0 bridgehead atoms. The number of hydrogen-bond acceptors (Lipinski definition) is 4. The molecular formula is C23H21ClN2O3. The van der Waals surface area contributed by atoms with E-state index in [-0.39, 0.29) is 6.61 Å². The Bertz CT molecular complexity index is 1110. The van der Waals surface area contributed by atoms with Gasteiger partial charge in [0.2, 0.25) is 0 Å². The van der Waals surface area contributed by atoms with E-state index in [4.69, 9.17) is 21.3 Å². The van der Waals surface area contributed by atoms with Gasteiger partial charge in [0.1, 0.15) is 0 Å². The molecule has 0 unspecified atom stereocenters. The number of carbonyl (C=O) groups is 2. The number of nitrogens with one attached hydrogen (secondary N) is 1. The maximum Gasteiger partial charge on any atom is 0.339 e. The highest BCUT2D eigenvalue weighted by atomic mass is 35.5. The molecule has 0 radical (unpaired) electrons. The van der Waals surface area contributed by atoms with Crippen LogP contribution >= 0.6 is 11.6 Å². The lowest BCUT2D eigenvalue weighted by molar-refractivity contribution is -0.119. The number of halogens is 1. The summed E-state index contributed by atoms with van der Waals surface area (Å²) in [6.45, 7) is 1.54. The van der Waals surface area contributed by atoms with Gasteiger partial charge in [0.25, 0.3) is 5.91 Å². The van der Waals surface area contributed by atoms with E-state index in [1.54, 1.807) is 12.1 Å². The van der Waals surface area contributed by atoms with Crippen LogP contribution in [-0.2, 0) is 22.4 Å². The highest BCUT2D eigenvalue weighted by Gasteiger charge is 2.24. The minimum absolute atomic E-state index is 0.380. The third kappa shape index (κ3) is 4.10. The number of fused-ring (bicyclic) bond motifs is 2. The third-order valence-electron chi connectivity index (χ3n) is 5.11. The van der Waals surface area contributed by atoms with E-state index in [9.17, 15) is 9.59 Å². The largest absolute Gasteiger partial charge is 0.452 e. The Hall–Kier alpha value is -2.92. The van der Waals surface area contributed by atoms with Crippen LogP contribution < -0.4 is 5.32 Å². The zero-order valence-electron chi connectivity index (χ0n) is 16.1. The first-order chi connectivity index (χ1) is 14.0. The van der Waals surface area contributed by atoms with Crippen molar-refractivity contribution in [2.45, 2.75) is 32.6 Å². The summed E-state index contributed by atoms with van der Waals surface area (Å²) in [6.07, 6.45) is 3.72. The van der Waals surface area contributed by atoms with Crippen LogP contribution in [0.3, 0.4) is 0 Å². The van der Waals surface area contributed by atoms with Gasteiger partial charge < -0.3 is 10.1 Å². The number of nitrogens with zero attached hydrogens (tertiary/aromatic N) is 1. The Morgan fingerprint density at radius 3 is 2.76 bits per heavy atom. The quantitative estimate of drug-likeness (QED) is 0.625. The lowest BCUT2D eigenvalue weighted by Crippen LogP contribution is -2.22. The van der Waals surface area contributed by atoms with Crippen molar-refractivity contribution in [3.63, 3.8) is 0 Å². The molecule has 0 fully saturated rings. The van der Waals surface area contributed by atoms with Crippen LogP contribution in [0, 0.1) is 6.92 Å². The lowest BCUT2D eigenvalue weighted by Gasteiger charge is -2.20. The van der Waals surface area contributed by atoms with Gasteiger partial charge >= 0.3 is 5.97 Å². The molecule has 1 aromatic heterocycles. The smallest absolute Gasteiger partial charge is 0.339 e. The molecule has 0 saturated heterocycles. The number of esters is 1. The molecule has 4 rings (SSSR count). The number of aromatic nitrogens is 1. The van der Waals surface area contributed by atoms with Crippen LogP contribution in [0.25, 0.3) is 10.9 Å². The number of anilines is 1. The fourth-order valence-corrected chi connectivity index (χ4v) is 4.00. The molecule has 0 spiro atoms. The van der Waals surface area contributed by atoms with E-state index in [0.29, 0.717) is 16.3 Å². The summed E-state index contributed by atoms with van der Waals surface area (Å²) in [5.74, 6) is -0.928. The van der Waals surface area contributed by atoms with Gasteiger partial charge in [-0.3, -0.25) is 9.78 Å². The zero-order valence-corrected chi connectivity index (χ0v) is 16.9. The highest BCUT2D eigenvalue weighted by molar-refractivity contribution is 6.33. The van der Waals surface area contributed by atoms with E-state index in [1.165, 1.54) is 0 Å². The third-order valence-corrected chi connectivity index (χ3v) is 5.42. The van der Waals surface area contributed by atoms with E-state index in [0.717, 1.165) is 53.4 Å². The van der Waals surface area contributed by atoms with Gasteiger partial charge in [0.05, 0.1) is 21.8 Å². The number of amides is 1. The molecule has 2 aromatic carbocycles. The SMILES string of the molecule is Cc1ccc(NC(=O)COC(=O)c2c3c(nc4ccccc24)CCCC3)c(Cl)c1. The molecule has 3 aromatic rings. The molecule has 1 N–H and O–H groups in total. The van der Waals surface area contributed by atoms with Crippen molar-refractivity contribution in [1.82, 2.24) is 4.98 Å². The molecule has 1 aliphatic carbocycles. The Morgan fingerprint density at radius 1 is 1.14 bits per heavy atom. The number of rotatable bonds is 4. The molecule has 0 saturated carbocycles. The van der Waals surface area contributed by atoms with Crippen molar-refractivity contribution in [2.24, 2.45) is 0 Å². The first kappa shape index (κ1) is 19.4. The molecule has 148 valence electrons. The number of hydrogen-bond donors (Lipinski definition) is 1. The highest BCUT2D eigenvalue weighted by Crippen LogP contribution is 2.30. The summed E-state index contributed by atoms with van der Waals surface area (Å²) in [5, 5.41) is 3.89. The Balaban J connectivity index is 1.54. The number of para-hydroxylation sites is 1. The average molecular weight is 409 g/mol. The van der Waals surface area contributed by atoms with E-state index < -0.39 is 11.9 Å². The van der Waals surface area contributed by atoms with Gasteiger partial charge in [-0.2, -0.15) is 0 Å². The first-order valence-corrected chi connectivity index (χ1v) is 10.0. The minimum atomic E-state index is -0.494. The molecule has 1 heterocycles. The Morgan fingerprint density at radius 2 is 1.93 bits per heavy atom. The maximum absolute atomic E-state index is 12.9. The second kappa shape index (κ2) is 8.21. The predicted octanol–water partition coefficient (Wildman–Crippen LogP) is 4.87. The van der Waals surface area contributed by atoms with E-state index >= 15 is 0 Å². The number of carbonyl (C=O) groups excluding carboxylic acids is 2. The van der Waals surface area contributed by atoms with Crippen molar-refractivity contribution in [3.8, 4) is 0 Å². The second-order valence-corrected chi connectivity index (χ2v) is 7.65. The standard InChI is InChI=1S/C23H21ClN2O3/c1-14-10-11-20(17(24)12-14)26-21(27)13-29-23(28)22-15-6-2-4-8-18(15)25-19-9-5-3-7-16(19)22/h2,4,6,8,10-12H,3,5,7,9,13H2,1H3,(H,26,27). The van der Waals surface area contributed by atoms with Gasteiger partial charge in [0, 0.05) is 11.1 Å². The summed E-state index contributed by atoms with van der Waals surface area (Å²) in [7, 11) is 0. The van der Waals surface area contributed by atoms with Crippen molar-refractivity contribution in [3.05, 3.63) is 69.9 Å². The molecule has 0 atom stereocenters. The van der Waals surface area contributed by atoms with Gasteiger partial charge in [-0.05, 0) is 61.9 Å². The number of pyridine rings is 1. The van der Waals surface area contributed by atoms with Gasteiger partial charge in [-0.15, -0.1) is 0 Å². The molecule has 1 aliphatic rings. The molecule has 29 heavy (non-hydrogen) atoms. The first-order valence-electron chi connectivity index (χ1n) is 9.66. The number of aryl methyl sites for hydroxylation is 2.